The molecule has 0 unspecified atom stereocenters. The average molecular weight is 327 g/mol. The Bertz CT molecular complexity index is 592. The highest BCUT2D eigenvalue weighted by molar-refractivity contribution is 5.75. The second-order valence-corrected chi connectivity index (χ2v) is 7.72. The van der Waals surface area contributed by atoms with Crippen molar-refractivity contribution in [1.29, 1.82) is 0 Å². The molecule has 0 saturated heterocycles. The van der Waals surface area contributed by atoms with Crippen LogP contribution in [0.2, 0.25) is 0 Å². The molecule has 0 saturated carbocycles. The number of Topliss-reactive ketones (excluding diaryl/α,β-unsaturated/α-hetero) is 1. The Balaban J connectivity index is 2.67. The van der Waals surface area contributed by atoms with Crippen LogP contribution in [0.3, 0.4) is 0 Å². The van der Waals surface area contributed by atoms with E-state index in [2.05, 4.69) is 71.1 Å². The summed E-state index contributed by atoms with van der Waals surface area (Å²) in [7, 11) is 0. The third kappa shape index (κ3) is 7.29. The number of hydrogen-bond acceptors (Lipinski definition) is 1. The van der Waals surface area contributed by atoms with Crippen LogP contribution in [0.15, 0.2) is 58.7 Å². The topological polar surface area (TPSA) is 17.1 Å². The van der Waals surface area contributed by atoms with Crippen LogP contribution >= 0.6 is 0 Å². The zero-order chi connectivity index (χ0) is 18.2. The van der Waals surface area contributed by atoms with Gasteiger partial charge < -0.3 is 4.79 Å². The highest BCUT2D eigenvalue weighted by Crippen LogP contribution is 2.40. The number of carbonyl (C=O) groups is 1. The lowest BCUT2D eigenvalue weighted by Crippen LogP contribution is -2.19. The number of allylic oxidation sites excluding steroid dienone is 10. The molecule has 0 atom stereocenters. The van der Waals surface area contributed by atoms with Gasteiger partial charge >= 0.3 is 0 Å². The minimum Gasteiger partial charge on any atom is -0.300 e. The van der Waals surface area contributed by atoms with Crippen LogP contribution in [0.25, 0.3) is 0 Å². The monoisotopic (exact) mass is 326 g/mol. The van der Waals surface area contributed by atoms with Crippen molar-refractivity contribution in [2.75, 3.05) is 0 Å². The van der Waals surface area contributed by atoms with E-state index in [-0.39, 0.29) is 5.78 Å². The Labute approximate surface area is 148 Å². The Morgan fingerprint density at radius 1 is 1.12 bits per heavy atom. The summed E-state index contributed by atoms with van der Waals surface area (Å²) in [5.41, 5.74) is 5.80. The first kappa shape index (κ1) is 20.4. The van der Waals surface area contributed by atoms with Gasteiger partial charge in [0.15, 0.2) is 0 Å². The molecule has 132 valence electrons. The molecule has 1 nitrogen and oxygen atoms in total. The lowest BCUT2D eigenvalue weighted by molar-refractivity contribution is -0.116. The van der Waals surface area contributed by atoms with Gasteiger partial charge in [0.25, 0.3) is 0 Å². The summed E-state index contributed by atoms with van der Waals surface area (Å²) in [6, 6.07) is 0. The van der Waals surface area contributed by atoms with Crippen LogP contribution in [-0.4, -0.2) is 5.78 Å². The van der Waals surface area contributed by atoms with E-state index in [1.54, 1.807) is 6.92 Å². The first-order chi connectivity index (χ1) is 11.2. The number of rotatable bonds is 7. The van der Waals surface area contributed by atoms with Crippen molar-refractivity contribution in [3.05, 3.63) is 58.7 Å². The maximum atomic E-state index is 10.9. The van der Waals surface area contributed by atoms with Crippen LogP contribution in [0, 0.1) is 5.41 Å². The summed E-state index contributed by atoms with van der Waals surface area (Å²) in [5, 5.41) is 0. The van der Waals surface area contributed by atoms with E-state index in [4.69, 9.17) is 0 Å². The van der Waals surface area contributed by atoms with Crippen molar-refractivity contribution in [2.45, 2.75) is 73.6 Å². The molecule has 0 bridgehead atoms. The standard InChI is InChI=1S/C23H34O/c1-18(12-8-14-21(4)24)10-7-11-19(2)15-16-22-20(3)13-9-17-23(22,5)6/h7,10-12,15-16H,8-9,13-14,17H2,1-6H3/b10-7+,16-15+,18-12+,19-11+. The normalized spacial score (nSPS) is 19.6. The third-order valence-corrected chi connectivity index (χ3v) is 4.74. The summed E-state index contributed by atoms with van der Waals surface area (Å²) in [4.78, 5) is 10.9. The molecule has 0 aromatic rings. The second kappa shape index (κ2) is 9.61. The van der Waals surface area contributed by atoms with Crippen molar-refractivity contribution < 1.29 is 4.79 Å². The van der Waals surface area contributed by atoms with Crippen LogP contribution in [-0.2, 0) is 4.79 Å². The number of carbonyl (C=O) groups excluding carboxylic acids is 1. The molecule has 1 aliphatic rings. The first-order valence-corrected chi connectivity index (χ1v) is 9.12. The van der Waals surface area contributed by atoms with E-state index in [1.165, 1.54) is 41.6 Å². The number of ketones is 1. The summed E-state index contributed by atoms with van der Waals surface area (Å²) >= 11 is 0. The minimum atomic E-state index is 0.249. The summed E-state index contributed by atoms with van der Waals surface area (Å²) in [5.74, 6) is 0.249. The molecule has 24 heavy (non-hydrogen) atoms. The molecule has 0 aliphatic heterocycles. The van der Waals surface area contributed by atoms with Gasteiger partial charge in [0.2, 0.25) is 0 Å². The molecular formula is C23H34O. The molecule has 0 aromatic carbocycles. The van der Waals surface area contributed by atoms with Crippen LogP contribution in [0.5, 0.6) is 0 Å². The zero-order valence-electron chi connectivity index (χ0n) is 16.4. The van der Waals surface area contributed by atoms with E-state index in [0.717, 1.165) is 6.42 Å². The lowest BCUT2D eigenvalue weighted by atomic mass is 9.72. The highest BCUT2D eigenvalue weighted by Gasteiger charge is 2.26. The van der Waals surface area contributed by atoms with Gasteiger partial charge in [-0.25, -0.2) is 0 Å². The summed E-state index contributed by atoms with van der Waals surface area (Å²) in [6.45, 7) is 12.8. The molecule has 0 radical (unpaired) electrons. The van der Waals surface area contributed by atoms with E-state index in [1.807, 2.05) is 0 Å². The smallest absolute Gasteiger partial charge is 0.130 e. The van der Waals surface area contributed by atoms with E-state index >= 15 is 0 Å². The average Bonchev–Trinajstić information content (AvgIpc) is 2.45. The molecular weight excluding hydrogens is 292 g/mol. The largest absolute Gasteiger partial charge is 0.300 e. The van der Waals surface area contributed by atoms with E-state index in [9.17, 15) is 4.79 Å². The van der Waals surface area contributed by atoms with Crippen molar-refractivity contribution in [3.8, 4) is 0 Å². The Morgan fingerprint density at radius 2 is 1.83 bits per heavy atom. The molecule has 0 aromatic heterocycles. The maximum absolute atomic E-state index is 10.9. The van der Waals surface area contributed by atoms with Crippen molar-refractivity contribution in [1.82, 2.24) is 0 Å². The van der Waals surface area contributed by atoms with Crippen molar-refractivity contribution in [2.24, 2.45) is 5.41 Å². The van der Waals surface area contributed by atoms with Gasteiger partial charge in [-0.3, -0.25) is 0 Å². The van der Waals surface area contributed by atoms with E-state index < -0.39 is 0 Å². The van der Waals surface area contributed by atoms with Crippen LogP contribution in [0.4, 0.5) is 0 Å². The quantitative estimate of drug-likeness (QED) is 0.466. The maximum Gasteiger partial charge on any atom is 0.130 e. The fourth-order valence-corrected chi connectivity index (χ4v) is 3.20. The zero-order valence-corrected chi connectivity index (χ0v) is 16.4. The van der Waals surface area contributed by atoms with Crippen molar-refractivity contribution >= 4 is 5.78 Å². The van der Waals surface area contributed by atoms with Gasteiger partial charge in [-0.2, -0.15) is 0 Å². The fraction of sp³-hybridized carbons (Fsp3) is 0.522. The predicted octanol–water partition coefficient (Wildman–Crippen LogP) is 6.89. The Morgan fingerprint density at radius 3 is 2.46 bits per heavy atom. The molecule has 0 spiro atoms. The minimum absolute atomic E-state index is 0.249. The van der Waals surface area contributed by atoms with Gasteiger partial charge in [-0.15, -0.1) is 0 Å². The summed E-state index contributed by atoms with van der Waals surface area (Å²) < 4.78 is 0. The second-order valence-electron chi connectivity index (χ2n) is 7.72. The number of hydrogen-bond donors (Lipinski definition) is 0. The van der Waals surface area contributed by atoms with Crippen molar-refractivity contribution in [3.63, 3.8) is 0 Å². The molecule has 1 rings (SSSR count). The van der Waals surface area contributed by atoms with Gasteiger partial charge in [0.1, 0.15) is 5.78 Å². The van der Waals surface area contributed by atoms with Crippen LogP contribution in [0.1, 0.15) is 73.6 Å². The first-order valence-electron chi connectivity index (χ1n) is 9.12. The lowest BCUT2D eigenvalue weighted by Gasteiger charge is -2.32. The predicted molar refractivity (Wildman–Crippen MR) is 106 cm³/mol. The molecule has 1 heteroatoms. The third-order valence-electron chi connectivity index (χ3n) is 4.74. The molecule has 0 amide bonds. The summed E-state index contributed by atoms with van der Waals surface area (Å²) in [6.07, 6.45) is 18.3. The fourth-order valence-electron chi connectivity index (χ4n) is 3.20. The Kier molecular flexibility index (Phi) is 8.18. The molecule has 1 aliphatic carbocycles. The molecule has 0 fully saturated rings. The van der Waals surface area contributed by atoms with E-state index in [0.29, 0.717) is 11.8 Å². The Hall–Kier alpha value is -1.63. The van der Waals surface area contributed by atoms with Gasteiger partial charge in [0, 0.05) is 6.42 Å². The van der Waals surface area contributed by atoms with Gasteiger partial charge in [0.05, 0.1) is 0 Å². The highest BCUT2D eigenvalue weighted by atomic mass is 16.1. The SMILES string of the molecule is CC(=O)CC/C=C(C)/C=C/C=C(C)/C=C/C1=C(C)CCCC1(C)C. The van der Waals surface area contributed by atoms with Crippen LogP contribution < -0.4 is 0 Å². The molecule has 0 N–H and O–H groups in total. The van der Waals surface area contributed by atoms with Gasteiger partial charge in [-0.05, 0) is 64.4 Å². The molecule has 0 heterocycles. The van der Waals surface area contributed by atoms with Gasteiger partial charge in [-0.1, -0.05) is 67.0 Å².